The molecule has 8 heteroatoms. The Hall–Kier alpha value is -3.13. The molecular weight excluding hydrogens is 366 g/mol. The van der Waals surface area contributed by atoms with E-state index in [2.05, 4.69) is 4.99 Å². The zero-order valence-corrected chi connectivity index (χ0v) is 15.1. The fraction of sp³-hybridized carbons (Fsp3) is 0.211. The molecule has 7 nitrogen and oxygen atoms in total. The van der Waals surface area contributed by atoms with E-state index in [0.29, 0.717) is 21.5 Å². The van der Waals surface area contributed by atoms with Crippen LogP contribution >= 0.6 is 11.3 Å². The van der Waals surface area contributed by atoms with Gasteiger partial charge in [0, 0.05) is 16.3 Å². The van der Waals surface area contributed by atoms with Crippen LogP contribution in [0.3, 0.4) is 0 Å². The summed E-state index contributed by atoms with van der Waals surface area (Å²) in [6.45, 7) is 0. The number of aromatic hydroxyl groups is 1. The molecule has 0 saturated heterocycles. The van der Waals surface area contributed by atoms with Gasteiger partial charge in [-0.2, -0.15) is 0 Å². The number of nitrogens with two attached hydrogens (primary N) is 2. The van der Waals surface area contributed by atoms with E-state index in [1.165, 1.54) is 23.5 Å². The van der Waals surface area contributed by atoms with E-state index < -0.39 is 11.8 Å². The van der Waals surface area contributed by atoms with Crippen LogP contribution in [-0.2, 0) is 12.8 Å². The molecule has 4 rings (SSSR count). The number of thiophene rings is 1. The lowest BCUT2D eigenvalue weighted by Crippen LogP contribution is -2.22. The van der Waals surface area contributed by atoms with Crippen molar-refractivity contribution in [3.05, 3.63) is 51.4 Å². The quantitative estimate of drug-likeness (QED) is 0.641. The number of amides is 2. The molecule has 0 radical (unpaired) electrons. The summed E-state index contributed by atoms with van der Waals surface area (Å²) < 4.78 is 5.73. The van der Waals surface area contributed by atoms with E-state index in [1.807, 2.05) is 0 Å². The summed E-state index contributed by atoms with van der Waals surface area (Å²) in [6.07, 6.45) is 3.71. The average molecular weight is 383 g/mol. The van der Waals surface area contributed by atoms with E-state index in [1.54, 1.807) is 12.1 Å². The lowest BCUT2D eigenvalue weighted by molar-refractivity contribution is 0.0990. The van der Waals surface area contributed by atoms with Gasteiger partial charge < -0.3 is 21.0 Å². The van der Waals surface area contributed by atoms with Crippen LogP contribution in [0.4, 0.5) is 5.00 Å². The van der Waals surface area contributed by atoms with Crippen LogP contribution in [0.2, 0.25) is 0 Å². The van der Waals surface area contributed by atoms with Crippen LogP contribution in [0.15, 0.2) is 33.7 Å². The van der Waals surface area contributed by atoms with Crippen molar-refractivity contribution in [2.75, 3.05) is 0 Å². The Bertz CT molecular complexity index is 1160. The molecule has 0 fully saturated rings. The maximum absolute atomic E-state index is 12.0. The molecule has 27 heavy (non-hydrogen) atoms. The summed E-state index contributed by atoms with van der Waals surface area (Å²) in [5.41, 5.74) is 12.8. The van der Waals surface area contributed by atoms with Crippen molar-refractivity contribution >= 4 is 39.1 Å². The molecule has 2 amide bonds. The average Bonchev–Trinajstić information content (AvgIpc) is 2.98. The first kappa shape index (κ1) is 17.3. The molecule has 2 heterocycles. The highest BCUT2D eigenvalue weighted by Crippen LogP contribution is 2.39. The van der Waals surface area contributed by atoms with Crippen LogP contribution in [-0.4, -0.2) is 16.9 Å². The van der Waals surface area contributed by atoms with Crippen LogP contribution in [0, 0.1) is 0 Å². The van der Waals surface area contributed by atoms with Crippen molar-refractivity contribution in [2.45, 2.75) is 25.7 Å². The maximum Gasteiger partial charge on any atom is 0.254 e. The Morgan fingerprint density at radius 3 is 2.63 bits per heavy atom. The van der Waals surface area contributed by atoms with Gasteiger partial charge in [0.25, 0.3) is 11.8 Å². The lowest BCUT2D eigenvalue weighted by Gasteiger charge is -2.10. The summed E-state index contributed by atoms with van der Waals surface area (Å²) in [5.74, 6) is -1.23. The molecule has 1 aliphatic carbocycles. The summed E-state index contributed by atoms with van der Waals surface area (Å²) in [7, 11) is 0. The number of nitrogens with zero attached hydrogens (tertiary/aromatic N) is 1. The second-order valence-corrected chi connectivity index (χ2v) is 7.50. The van der Waals surface area contributed by atoms with Gasteiger partial charge in [0.15, 0.2) is 0 Å². The highest BCUT2D eigenvalue weighted by atomic mass is 32.1. The number of hydrogen-bond donors (Lipinski definition) is 3. The minimum absolute atomic E-state index is 0.0123. The number of benzene rings is 1. The van der Waals surface area contributed by atoms with Crippen molar-refractivity contribution < 1.29 is 19.1 Å². The number of carbonyl (C=O) groups excluding carboxylic acids is 2. The zero-order chi connectivity index (χ0) is 19.1. The molecule has 1 aromatic carbocycles. The number of carbonyl (C=O) groups is 2. The van der Waals surface area contributed by atoms with Gasteiger partial charge in [-0.15, -0.1) is 11.3 Å². The lowest BCUT2D eigenvalue weighted by atomic mass is 9.95. The van der Waals surface area contributed by atoms with Gasteiger partial charge in [0.2, 0.25) is 5.55 Å². The molecule has 0 unspecified atom stereocenters. The number of phenols is 1. The highest BCUT2D eigenvalue weighted by Gasteiger charge is 2.24. The smallest absolute Gasteiger partial charge is 0.254 e. The van der Waals surface area contributed by atoms with E-state index in [4.69, 9.17) is 15.9 Å². The third kappa shape index (κ3) is 3.08. The SMILES string of the molecule is NC(=O)c1c(N=c2oc3cc(O)ccc3cc2C(N)=O)sc2c1CCCC2. The van der Waals surface area contributed by atoms with Crippen molar-refractivity contribution in [1.82, 2.24) is 0 Å². The van der Waals surface area contributed by atoms with Gasteiger partial charge in [0.05, 0.1) is 5.56 Å². The van der Waals surface area contributed by atoms with Gasteiger partial charge in [-0.3, -0.25) is 9.59 Å². The first-order valence-electron chi connectivity index (χ1n) is 8.50. The second-order valence-electron chi connectivity index (χ2n) is 6.42. The molecule has 3 aromatic rings. The predicted molar refractivity (Wildman–Crippen MR) is 101 cm³/mol. The fourth-order valence-electron chi connectivity index (χ4n) is 3.34. The number of primary amides is 2. The first-order valence-corrected chi connectivity index (χ1v) is 9.31. The van der Waals surface area contributed by atoms with Gasteiger partial charge in [0.1, 0.15) is 21.9 Å². The van der Waals surface area contributed by atoms with Crippen LogP contribution in [0.25, 0.3) is 11.0 Å². The van der Waals surface area contributed by atoms with E-state index in [9.17, 15) is 14.7 Å². The Kier molecular flexibility index (Phi) is 4.19. The maximum atomic E-state index is 12.0. The Morgan fingerprint density at radius 2 is 1.89 bits per heavy atom. The van der Waals surface area contributed by atoms with Gasteiger partial charge in [-0.05, 0) is 49.4 Å². The fourth-order valence-corrected chi connectivity index (χ4v) is 4.60. The molecule has 0 spiro atoms. The minimum Gasteiger partial charge on any atom is -0.508 e. The van der Waals surface area contributed by atoms with E-state index in [0.717, 1.165) is 36.1 Å². The third-order valence-electron chi connectivity index (χ3n) is 4.60. The Balaban J connectivity index is 2.00. The first-order chi connectivity index (χ1) is 12.9. The topological polar surface area (TPSA) is 132 Å². The molecule has 2 aromatic heterocycles. The number of rotatable bonds is 3. The number of fused-ring (bicyclic) bond motifs is 2. The molecule has 0 aliphatic heterocycles. The summed E-state index contributed by atoms with van der Waals surface area (Å²) in [4.78, 5) is 29.5. The molecule has 0 atom stereocenters. The van der Waals surface area contributed by atoms with Gasteiger partial charge in [-0.25, -0.2) is 4.99 Å². The number of hydrogen-bond acceptors (Lipinski definition) is 6. The largest absolute Gasteiger partial charge is 0.508 e. The summed E-state index contributed by atoms with van der Waals surface area (Å²) in [6, 6.07) is 6.07. The van der Waals surface area contributed by atoms with Crippen LogP contribution < -0.4 is 17.0 Å². The third-order valence-corrected chi connectivity index (χ3v) is 5.79. The summed E-state index contributed by atoms with van der Waals surface area (Å²) >= 11 is 1.39. The molecular formula is C19H17N3O4S. The second kappa shape index (κ2) is 6.55. The van der Waals surface area contributed by atoms with Gasteiger partial charge >= 0.3 is 0 Å². The molecule has 1 aliphatic rings. The zero-order valence-electron chi connectivity index (χ0n) is 14.3. The molecule has 0 bridgehead atoms. The predicted octanol–water partition coefficient (Wildman–Crippen LogP) is 2.51. The van der Waals surface area contributed by atoms with Crippen molar-refractivity contribution in [3.8, 4) is 5.75 Å². The van der Waals surface area contributed by atoms with E-state index >= 15 is 0 Å². The molecule has 138 valence electrons. The van der Waals surface area contributed by atoms with Crippen molar-refractivity contribution in [3.63, 3.8) is 0 Å². The number of phenolic OH excluding ortho intramolecular Hbond substituents is 1. The molecule has 0 saturated carbocycles. The highest BCUT2D eigenvalue weighted by molar-refractivity contribution is 7.16. The van der Waals surface area contributed by atoms with Crippen molar-refractivity contribution in [1.29, 1.82) is 0 Å². The Morgan fingerprint density at radius 1 is 1.11 bits per heavy atom. The van der Waals surface area contributed by atoms with E-state index in [-0.39, 0.29) is 16.9 Å². The van der Waals surface area contributed by atoms with Crippen molar-refractivity contribution in [2.24, 2.45) is 16.5 Å². The van der Waals surface area contributed by atoms with Crippen LogP contribution in [0.1, 0.15) is 44.0 Å². The summed E-state index contributed by atoms with van der Waals surface area (Å²) in [5, 5.41) is 10.7. The van der Waals surface area contributed by atoms with Gasteiger partial charge in [-0.1, -0.05) is 0 Å². The number of aryl methyl sites for hydroxylation is 1. The monoisotopic (exact) mass is 383 g/mol. The Labute approximate surface area is 157 Å². The minimum atomic E-state index is -0.700. The normalized spacial score (nSPS) is 14.3. The molecule has 5 N–H and O–H groups in total. The standard InChI is InChI=1S/C19H17N3O4S/c20-16(24)12-7-9-5-6-10(23)8-13(9)26-18(12)22-19-15(17(21)25)11-3-1-2-4-14(11)27-19/h5-8,23H,1-4H2,(H2,20,24)(H2,21,25). The van der Waals surface area contributed by atoms with Crippen LogP contribution in [0.5, 0.6) is 5.75 Å².